The van der Waals surface area contributed by atoms with Gasteiger partial charge in [-0.15, -0.1) is 0 Å². The molecule has 2 N–H and O–H groups in total. The lowest BCUT2D eigenvalue weighted by atomic mass is 10.2. The second-order valence-electron chi connectivity index (χ2n) is 5.54. The van der Waals surface area contributed by atoms with Crippen LogP contribution in [0.3, 0.4) is 0 Å². The van der Waals surface area contributed by atoms with Crippen LogP contribution in [0.25, 0.3) is 11.3 Å². The number of rotatable bonds is 7. The number of benzene rings is 1. The minimum atomic E-state index is 0.563. The summed E-state index contributed by atoms with van der Waals surface area (Å²) in [4.78, 5) is 2.15. The van der Waals surface area contributed by atoms with Gasteiger partial charge in [0.2, 0.25) is 0 Å². The molecule has 0 saturated carbocycles. The Labute approximate surface area is 147 Å². The maximum absolute atomic E-state index is 5.89. The first-order valence-electron chi connectivity index (χ1n) is 7.55. The number of hydrogen-bond donors (Lipinski definition) is 2. The lowest BCUT2D eigenvalue weighted by Gasteiger charge is -2.12. The molecule has 0 unspecified atom stereocenters. The summed E-state index contributed by atoms with van der Waals surface area (Å²) >= 11 is 11.1. The monoisotopic (exact) mass is 351 g/mol. The summed E-state index contributed by atoms with van der Waals surface area (Å²) in [5, 5.41) is 7.71. The smallest absolute Gasteiger partial charge is 0.166 e. The summed E-state index contributed by atoms with van der Waals surface area (Å²) in [5.41, 5.74) is 1.00. The van der Waals surface area contributed by atoms with Crippen LogP contribution in [0, 0.1) is 0 Å². The number of hydrogen-bond acceptors (Lipinski definition) is 3. The molecule has 6 heteroatoms. The lowest BCUT2D eigenvalue weighted by Crippen LogP contribution is -2.36. The predicted molar refractivity (Wildman–Crippen MR) is 99.8 cm³/mol. The van der Waals surface area contributed by atoms with Gasteiger partial charge in [-0.1, -0.05) is 11.6 Å². The summed E-state index contributed by atoms with van der Waals surface area (Å²) in [5.74, 6) is 1.66. The third-order valence-corrected chi connectivity index (χ3v) is 3.82. The number of nitrogens with one attached hydrogen (secondary N) is 2. The number of halogens is 1. The molecule has 0 bridgehead atoms. The van der Waals surface area contributed by atoms with E-state index in [2.05, 4.69) is 29.6 Å². The van der Waals surface area contributed by atoms with Gasteiger partial charge in [0.15, 0.2) is 5.11 Å². The molecule has 0 radical (unpaired) electrons. The molecule has 1 aromatic heterocycles. The first-order valence-corrected chi connectivity index (χ1v) is 8.34. The Hall–Kier alpha value is -1.56. The third-order valence-electron chi connectivity index (χ3n) is 3.28. The molecule has 0 amide bonds. The molecule has 0 aliphatic carbocycles. The zero-order valence-electron chi connectivity index (χ0n) is 13.4. The molecule has 0 saturated heterocycles. The van der Waals surface area contributed by atoms with Crippen LogP contribution in [0.5, 0.6) is 0 Å². The topological polar surface area (TPSA) is 40.4 Å². The van der Waals surface area contributed by atoms with Gasteiger partial charge in [-0.3, -0.25) is 0 Å². The SMILES string of the molecule is CN(C)CCCNC(=S)NCc1ccc(-c2ccc(Cl)cc2)o1. The van der Waals surface area contributed by atoms with Gasteiger partial charge in [0.05, 0.1) is 6.54 Å². The van der Waals surface area contributed by atoms with Crippen LogP contribution in [-0.4, -0.2) is 37.2 Å². The average molecular weight is 352 g/mol. The Balaban J connectivity index is 1.76. The normalized spacial score (nSPS) is 10.8. The quantitative estimate of drug-likeness (QED) is 0.590. The van der Waals surface area contributed by atoms with Crippen molar-refractivity contribution >= 4 is 28.9 Å². The van der Waals surface area contributed by atoms with Crippen molar-refractivity contribution in [2.45, 2.75) is 13.0 Å². The van der Waals surface area contributed by atoms with E-state index in [-0.39, 0.29) is 0 Å². The average Bonchev–Trinajstić information content (AvgIpc) is 2.99. The van der Waals surface area contributed by atoms with E-state index in [0.717, 1.165) is 36.6 Å². The fraction of sp³-hybridized carbons (Fsp3) is 0.353. The van der Waals surface area contributed by atoms with Crippen LogP contribution < -0.4 is 10.6 Å². The molecular formula is C17H22ClN3OS. The highest BCUT2D eigenvalue weighted by atomic mass is 35.5. The van der Waals surface area contributed by atoms with Crippen LogP contribution in [0.2, 0.25) is 5.02 Å². The Kier molecular flexibility index (Phi) is 6.89. The van der Waals surface area contributed by atoms with Gasteiger partial charge in [0.25, 0.3) is 0 Å². The first kappa shape index (κ1) is 17.8. The maximum Gasteiger partial charge on any atom is 0.166 e. The third kappa shape index (κ3) is 6.22. The van der Waals surface area contributed by atoms with Crippen molar-refractivity contribution < 1.29 is 4.42 Å². The number of thiocarbonyl (C=S) groups is 1. The molecule has 1 heterocycles. The fourth-order valence-electron chi connectivity index (χ4n) is 2.07. The zero-order chi connectivity index (χ0) is 16.7. The second kappa shape index (κ2) is 8.91. The highest BCUT2D eigenvalue weighted by molar-refractivity contribution is 7.80. The summed E-state index contributed by atoms with van der Waals surface area (Å²) < 4.78 is 5.82. The minimum absolute atomic E-state index is 0.563. The van der Waals surface area contributed by atoms with Crippen molar-refractivity contribution in [2.75, 3.05) is 27.2 Å². The van der Waals surface area contributed by atoms with Crippen molar-refractivity contribution in [1.29, 1.82) is 0 Å². The summed E-state index contributed by atoms with van der Waals surface area (Å²) in [6, 6.07) is 11.5. The molecule has 0 aliphatic heterocycles. The maximum atomic E-state index is 5.89. The van der Waals surface area contributed by atoms with Gasteiger partial charge in [0.1, 0.15) is 11.5 Å². The van der Waals surface area contributed by atoms with E-state index in [9.17, 15) is 0 Å². The molecule has 0 aliphatic rings. The largest absolute Gasteiger partial charge is 0.459 e. The molecule has 0 fully saturated rings. The van der Waals surface area contributed by atoms with E-state index >= 15 is 0 Å². The van der Waals surface area contributed by atoms with E-state index in [0.29, 0.717) is 16.7 Å². The molecule has 1 aromatic carbocycles. The number of nitrogens with zero attached hydrogens (tertiary/aromatic N) is 1. The predicted octanol–water partition coefficient (Wildman–Crippen LogP) is 3.52. The van der Waals surface area contributed by atoms with E-state index in [1.807, 2.05) is 36.4 Å². The van der Waals surface area contributed by atoms with Gasteiger partial charge >= 0.3 is 0 Å². The molecular weight excluding hydrogens is 330 g/mol. The van der Waals surface area contributed by atoms with Gasteiger partial charge in [-0.25, -0.2) is 0 Å². The van der Waals surface area contributed by atoms with Gasteiger partial charge in [-0.2, -0.15) is 0 Å². The van der Waals surface area contributed by atoms with Crippen molar-refractivity contribution in [1.82, 2.24) is 15.5 Å². The number of furan rings is 1. The second-order valence-corrected chi connectivity index (χ2v) is 6.38. The first-order chi connectivity index (χ1) is 11.0. The molecule has 0 spiro atoms. The molecule has 0 atom stereocenters. The van der Waals surface area contributed by atoms with Gasteiger partial charge < -0.3 is 20.0 Å². The van der Waals surface area contributed by atoms with Crippen LogP contribution in [0.4, 0.5) is 0 Å². The Morgan fingerprint density at radius 2 is 1.87 bits per heavy atom. The fourth-order valence-corrected chi connectivity index (χ4v) is 2.37. The highest BCUT2D eigenvalue weighted by Gasteiger charge is 2.05. The summed E-state index contributed by atoms with van der Waals surface area (Å²) in [6.07, 6.45) is 1.05. The zero-order valence-corrected chi connectivity index (χ0v) is 15.0. The van der Waals surface area contributed by atoms with Crippen LogP contribution >= 0.6 is 23.8 Å². The molecule has 23 heavy (non-hydrogen) atoms. The Morgan fingerprint density at radius 3 is 2.57 bits per heavy atom. The Morgan fingerprint density at radius 1 is 1.13 bits per heavy atom. The summed E-state index contributed by atoms with van der Waals surface area (Å²) in [6.45, 7) is 2.46. The van der Waals surface area contributed by atoms with Crippen molar-refractivity contribution in [3.8, 4) is 11.3 Å². The minimum Gasteiger partial charge on any atom is -0.459 e. The molecule has 2 aromatic rings. The van der Waals surface area contributed by atoms with Crippen LogP contribution in [-0.2, 0) is 6.54 Å². The summed E-state index contributed by atoms with van der Waals surface area (Å²) in [7, 11) is 4.12. The van der Waals surface area contributed by atoms with E-state index < -0.39 is 0 Å². The molecule has 4 nitrogen and oxygen atoms in total. The van der Waals surface area contributed by atoms with Gasteiger partial charge in [0, 0.05) is 17.1 Å². The van der Waals surface area contributed by atoms with E-state index in [4.69, 9.17) is 28.2 Å². The molecule has 124 valence electrons. The van der Waals surface area contributed by atoms with E-state index in [1.165, 1.54) is 0 Å². The standard InChI is InChI=1S/C17H22ClN3OS/c1-21(2)11-3-10-19-17(23)20-12-15-8-9-16(22-15)13-4-6-14(18)7-5-13/h4-9H,3,10-12H2,1-2H3,(H2,19,20,23). The molecule has 2 rings (SSSR count). The van der Waals surface area contributed by atoms with Gasteiger partial charge in [-0.05, 0) is 75.7 Å². The van der Waals surface area contributed by atoms with Crippen molar-refractivity contribution in [2.24, 2.45) is 0 Å². The lowest BCUT2D eigenvalue weighted by molar-refractivity contribution is 0.400. The van der Waals surface area contributed by atoms with E-state index in [1.54, 1.807) is 0 Å². The van der Waals surface area contributed by atoms with Crippen LogP contribution in [0.1, 0.15) is 12.2 Å². The van der Waals surface area contributed by atoms with Crippen LogP contribution in [0.15, 0.2) is 40.8 Å². The van der Waals surface area contributed by atoms with Crippen molar-refractivity contribution in [3.05, 3.63) is 47.2 Å². The van der Waals surface area contributed by atoms with Crippen molar-refractivity contribution in [3.63, 3.8) is 0 Å². The highest BCUT2D eigenvalue weighted by Crippen LogP contribution is 2.23. The Bertz CT molecular complexity index is 625.